The quantitative estimate of drug-likeness (QED) is 0.691. The van der Waals surface area contributed by atoms with E-state index < -0.39 is 0 Å². The molecule has 1 heterocycles. The lowest BCUT2D eigenvalue weighted by molar-refractivity contribution is -0.0141. The molecule has 1 saturated heterocycles. The summed E-state index contributed by atoms with van der Waals surface area (Å²) < 4.78 is 0. The molecule has 0 radical (unpaired) electrons. The lowest BCUT2D eigenvalue weighted by Crippen LogP contribution is -2.47. The van der Waals surface area contributed by atoms with E-state index in [0.29, 0.717) is 0 Å². The van der Waals surface area contributed by atoms with Crippen molar-refractivity contribution in [1.29, 1.82) is 0 Å². The van der Waals surface area contributed by atoms with E-state index in [9.17, 15) is 0 Å². The van der Waals surface area contributed by atoms with Crippen LogP contribution in [0.1, 0.15) is 66.2 Å². The van der Waals surface area contributed by atoms with E-state index >= 15 is 0 Å². The van der Waals surface area contributed by atoms with Gasteiger partial charge in [0.1, 0.15) is 0 Å². The van der Waals surface area contributed by atoms with Crippen LogP contribution in [0.15, 0.2) is 0 Å². The summed E-state index contributed by atoms with van der Waals surface area (Å²) >= 11 is 0. The van der Waals surface area contributed by atoms with Gasteiger partial charge in [0.2, 0.25) is 0 Å². The van der Waals surface area contributed by atoms with Gasteiger partial charge in [0.05, 0.1) is 0 Å². The molecule has 2 fully saturated rings. The number of likely N-dealkylation sites (tertiary alicyclic amines) is 1. The van der Waals surface area contributed by atoms with Crippen molar-refractivity contribution in [3.05, 3.63) is 0 Å². The van der Waals surface area contributed by atoms with Crippen LogP contribution in [-0.2, 0) is 0 Å². The molecule has 0 atom stereocenters. The lowest BCUT2D eigenvalue weighted by atomic mass is 9.57. The minimum atomic E-state index is 0.810. The smallest absolute Gasteiger partial charge is 0.00134 e. The van der Waals surface area contributed by atoms with E-state index in [-0.39, 0.29) is 0 Å². The van der Waals surface area contributed by atoms with Crippen LogP contribution in [0.25, 0.3) is 0 Å². The summed E-state index contributed by atoms with van der Waals surface area (Å²) in [7, 11) is 0. The molecule has 1 spiro atoms. The van der Waals surface area contributed by atoms with Crippen LogP contribution in [0.4, 0.5) is 0 Å². The van der Waals surface area contributed by atoms with Gasteiger partial charge in [-0.2, -0.15) is 0 Å². The van der Waals surface area contributed by atoms with Crippen LogP contribution in [-0.4, -0.2) is 24.5 Å². The normalized spacial score (nSPS) is 24.8. The average Bonchev–Trinajstić information content (AvgIpc) is 2.30. The zero-order valence-corrected chi connectivity index (χ0v) is 11.9. The Balaban J connectivity index is 0.000000606. The van der Waals surface area contributed by atoms with Crippen LogP contribution in [0.5, 0.6) is 0 Å². The molecule has 1 heteroatoms. The molecular formula is C15H31N. The molecule has 0 amide bonds. The third kappa shape index (κ3) is 3.23. The van der Waals surface area contributed by atoms with Gasteiger partial charge in [-0.1, -0.05) is 34.1 Å². The molecule has 0 aromatic heterocycles. The lowest BCUT2D eigenvalue weighted by Gasteiger charge is -2.52. The molecule has 2 rings (SSSR count). The highest BCUT2D eigenvalue weighted by Gasteiger charge is 2.44. The second-order valence-electron chi connectivity index (χ2n) is 5.52. The number of hydrogen-bond acceptors (Lipinski definition) is 1. The first-order valence-corrected chi connectivity index (χ1v) is 7.50. The predicted molar refractivity (Wildman–Crippen MR) is 72.8 cm³/mol. The fourth-order valence-electron chi connectivity index (χ4n) is 3.43. The van der Waals surface area contributed by atoms with E-state index in [1.807, 2.05) is 13.8 Å². The van der Waals surface area contributed by atoms with E-state index in [0.717, 1.165) is 11.3 Å². The second kappa shape index (κ2) is 6.64. The zero-order chi connectivity index (χ0) is 12.0. The van der Waals surface area contributed by atoms with Gasteiger partial charge >= 0.3 is 0 Å². The van der Waals surface area contributed by atoms with Gasteiger partial charge in [-0.3, -0.25) is 0 Å². The van der Waals surface area contributed by atoms with Crippen molar-refractivity contribution in [2.75, 3.05) is 19.6 Å². The van der Waals surface area contributed by atoms with Crippen molar-refractivity contribution >= 4 is 0 Å². The Morgan fingerprint density at radius 3 is 2.06 bits per heavy atom. The van der Waals surface area contributed by atoms with Crippen LogP contribution in [0, 0.1) is 11.3 Å². The molecule has 0 aromatic rings. The van der Waals surface area contributed by atoms with Gasteiger partial charge in [0.15, 0.2) is 0 Å². The number of piperidine rings is 1. The first kappa shape index (κ1) is 14.0. The minimum Gasteiger partial charge on any atom is -0.303 e. The minimum absolute atomic E-state index is 0.810. The van der Waals surface area contributed by atoms with Crippen LogP contribution < -0.4 is 0 Å². The topological polar surface area (TPSA) is 3.24 Å². The molecule has 1 aliphatic carbocycles. The van der Waals surface area contributed by atoms with E-state index in [1.54, 1.807) is 12.8 Å². The standard InChI is InChI=1S/C13H25N.C2H6/c1-3-7-14-8-5-13(6-9-14)10-12(4-2)11-13;1-2/h12H,3-11H2,1-2H3;1-2H3. The van der Waals surface area contributed by atoms with Crippen molar-refractivity contribution in [3.63, 3.8) is 0 Å². The first-order valence-electron chi connectivity index (χ1n) is 7.50. The summed E-state index contributed by atoms with van der Waals surface area (Å²) in [6, 6.07) is 0. The number of nitrogens with zero attached hydrogens (tertiary/aromatic N) is 1. The molecule has 0 bridgehead atoms. The predicted octanol–water partition coefficient (Wildman–Crippen LogP) is 4.32. The molecule has 16 heavy (non-hydrogen) atoms. The number of rotatable bonds is 3. The van der Waals surface area contributed by atoms with Gasteiger partial charge in [-0.15, -0.1) is 0 Å². The van der Waals surface area contributed by atoms with Crippen molar-refractivity contribution in [2.45, 2.75) is 66.2 Å². The van der Waals surface area contributed by atoms with Crippen LogP contribution in [0.2, 0.25) is 0 Å². The van der Waals surface area contributed by atoms with Gasteiger partial charge in [-0.05, 0) is 63.1 Å². The third-order valence-electron chi connectivity index (χ3n) is 4.48. The average molecular weight is 225 g/mol. The Morgan fingerprint density at radius 2 is 1.62 bits per heavy atom. The van der Waals surface area contributed by atoms with Crippen molar-refractivity contribution in [2.24, 2.45) is 11.3 Å². The fraction of sp³-hybridized carbons (Fsp3) is 1.00. The third-order valence-corrected chi connectivity index (χ3v) is 4.48. The highest BCUT2D eigenvalue weighted by Crippen LogP contribution is 2.53. The van der Waals surface area contributed by atoms with Crippen LogP contribution in [0.3, 0.4) is 0 Å². The molecule has 1 nitrogen and oxygen atoms in total. The summed E-state index contributed by atoms with van der Waals surface area (Å²) in [5.41, 5.74) is 0.810. The van der Waals surface area contributed by atoms with Crippen LogP contribution >= 0.6 is 0 Å². The Hall–Kier alpha value is -0.0400. The summed E-state index contributed by atoms with van der Waals surface area (Å²) in [4.78, 5) is 2.66. The maximum atomic E-state index is 2.66. The summed E-state index contributed by atoms with van der Waals surface area (Å²) in [5.74, 6) is 1.08. The van der Waals surface area contributed by atoms with Crippen molar-refractivity contribution in [1.82, 2.24) is 4.90 Å². The molecular weight excluding hydrogens is 194 g/mol. The highest BCUT2D eigenvalue weighted by atomic mass is 15.1. The van der Waals surface area contributed by atoms with E-state index in [4.69, 9.17) is 0 Å². The Bertz CT molecular complexity index is 172. The van der Waals surface area contributed by atoms with E-state index in [2.05, 4.69) is 18.7 Å². The molecule has 1 aliphatic heterocycles. The van der Waals surface area contributed by atoms with Crippen molar-refractivity contribution in [3.8, 4) is 0 Å². The Morgan fingerprint density at radius 1 is 1.06 bits per heavy atom. The van der Waals surface area contributed by atoms with Gasteiger partial charge in [0.25, 0.3) is 0 Å². The van der Waals surface area contributed by atoms with Gasteiger partial charge in [0, 0.05) is 0 Å². The molecule has 0 unspecified atom stereocenters. The Labute approximate surface area is 103 Å². The fourth-order valence-corrected chi connectivity index (χ4v) is 3.43. The van der Waals surface area contributed by atoms with Crippen molar-refractivity contribution < 1.29 is 0 Å². The summed E-state index contributed by atoms with van der Waals surface area (Å²) in [6.45, 7) is 12.7. The zero-order valence-electron chi connectivity index (χ0n) is 11.9. The molecule has 0 N–H and O–H groups in total. The maximum Gasteiger partial charge on any atom is -0.00134 e. The highest BCUT2D eigenvalue weighted by molar-refractivity contribution is 4.96. The largest absolute Gasteiger partial charge is 0.303 e. The summed E-state index contributed by atoms with van der Waals surface area (Å²) in [5, 5.41) is 0. The number of hydrogen-bond donors (Lipinski definition) is 0. The van der Waals surface area contributed by atoms with E-state index in [1.165, 1.54) is 45.3 Å². The molecule has 1 saturated carbocycles. The van der Waals surface area contributed by atoms with Gasteiger partial charge < -0.3 is 4.90 Å². The SMILES string of the molecule is CC.CCCN1CCC2(CC1)CC(CC)C2. The second-order valence-corrected chi connectivity index (χ2v) is 5.52. The summed E-state index contributed by atoms with van der Waals surface area (Å²) in [6.07, 6.45) is 8.81. The first-order chi connectivity index (χ1) is 7.78. The molecule has 2 aliphatic rings. The Kier molecular flexibility index (Phi) is 5.82. The van der Waals surface area contributed by atoms with Gasteiger partial charge in [-0.25, -0.2) is 0 Å². The molecule has 96 valence electrons. The monoisotopic (exact) mass is 225 g/mol. The maximum absolute atomic E-state index is 2.66. The molecule has 0 aromatic carbocycles.